The number of allylic oxidation sites excluding steroid dienone is 9. The molecule has 2 heteroatoms. The van der Waals surface area contributed by atoms with Gasteiger partial charge >= 0.3 is 0 Å². The zero-order chi connectivity index (χ0) is 14.0. The Kier molecular flexibility index (Phi) is 3.47. The van der Waals surface area contributed by atoms with Crippen LogP contribution in [-0.4, -0.2) is 11.9 Å². The first-order valence-corrected chi connectivity index (χ1v) is 7.40. The van der Waals surface area contributed by atoms with Gasteiger partial charge in [-0.25, -0.2) is 0 Å². The molecule has 1 heterocycles. The number of hydrogen-bond acceptors (Lipinski definition) is 2. The van der Waals surface area contributed by atoms with Crippen LogP contribution in [0.2, 0.25) is 0 Å². The number of nitrogens with zero attached hydrogens (tertiary/aromatic N) is 1. The molecular weight excluding hydrogens is 244 g/mol. The molecule has 3 aliphatic rings. The van der Waals surface area contributed by atoms with E-state index in [1.165, 1.54) is 11.3 Å². The average molecular weight is 266 g/mol. The van der Waals surface area contributed by atoms with E-state index in [4.69, 9.17) is 4.99 Å². The second kappa shape index (κ2) is 5.28. The van der Waals surface area contributed by atoms with Crippen molar-refractivity contribution in [1.82, 2.24) is 5.32 Å². The van der Waals surface area contributed by atoms with E-state index in [1.54, 1.807) is 0 Å². The Morgan fingerprint density at radius 2 is 2.15 bits per heavy atom. The molecule has 2 unspecified atom stereocenters. The quantitative estimate of drug-likeness (QED) is 0.801. The van der Waals surface area contributed by atoms with Crippen LogP contribution in [0.4, 0.5) is 0 Å². The molecule has 104 valence electrons. The molecule has 1 aliphatic heterocycles. The van der Waals surface area contributed by atoms with Crippen molar-refractivity contribution in [1.29, 1.82) is 0 Å². The molecule has 0 saturated carbocycles. The minimum absolute atomic E-state index is 0.0561. The smallest absolute Gasteiger partial charge is 0.128 e. The second-order valence-corrected chi connectivity index (χ2v) is 6.04. The first-order chi connectivity index (χ1) is 9.67. The summed E-state index contributed by atoms with van der Waals surface area (Å²) in [7, 11) is 0. The third-order valence-corrected chi connectivity index (χ3v) is 4.24. The van der Waals surface area contributed by atoms with Gasteiger partial charge in [0.1, 0.15) is 6.17 Å². The van der Waals surface area contributed by atoms with Crippen molar-refractivity contribution in [2.75, 3.05) is 0 Å². The van der Waals surface area contributed by atoms with Gasteiger partial charge in [0.2, 0.25) is 0 Å². The van der Waals surface area contributed by atoms with Crippen LogP contribution in [0, 0.1) is 5.41 Å². The highest BCUT2D eigenvalue weighted by molar-refractivity contribution is 6.09. The Morgan fingerprint density at radius 1 is 1.25 bits per heavy atom. The summed E-state index contributed by atoms with van der Waals surface area (Å²) in [6, 6.07) is 0. The number of rotatable bonds is 2. The molecule has 0 aromatic carbocycles. The van der Waals surface area contributed by atoms with Crippen molar-refractivity contribution in [3.63, 3.8) is 0 Å². The van der Waals surface area contributed by atoms with Crippen molar-refractivity contribution in [2.45, 2.75) is 39.3 Å². The van der Waals surface area contributed by atoms with Crippen LogP contribution < -0.4 is 5.32 Å². The van der Waals surface area contributed by atoms with Gasteiger partial charge in [0.15, 0.2) is 0 Å². The average Bonchev–Trinajstić information content (AvgIpc) is 2.48. The standard InChI is InChI=1S/C18H22N2/c1-14-13-16(15-9-5-3-6-10-15)20-17(19-14)18(2)11-7-4-8-12-18/h3-5,7-9,11,13,17,19H,6,10,12H2,1-2H3. The van der Waals surface area contributed by atoms with Crippen molar-refractivity contribution >= 4 is 5.71 Å². The minimum atomic E-state index is 0.0561. The summed E-state index contributed by atoms with van der Waals surface area (Å²) in [6.45, 7) is 4.41. The van der Waals surface area contributed by atoms with Crippen LogP contribution >= 0.6 is 0 Å². The molecule has 0 amide bonds. The molecule has 2 atom stereocenters. The van der Waals surface area contributed by atoms with E-state index in [9.17, 15) is 0 Å². The van der Waals surface area contributed by atoms with Crippen LogP contribution in [0.3, 0.4) is 0 Å². The van der Waals surface area contributed by atoms with E-state index in [0.29, 0.717) is 0 Å². The maximum atomic E-state index is 4.99. The molecule has 1 N–H and O–H groups in total. The van der Waals surface area contributed by atoms with Gasteiger partial charge in [-0.3, -0.25) is 4.99 Å². The van der Waals surface area contributed by atoms with Crippen LogP contribution in [0.5, 0.6) is 0 Å². The molecule has 0 spiro atoms. The maximum Gasteiger partial charge on any atom is 0.128 e. The summed E-state index contributed by atoms with van der Waals surface area (Å²) in [5.74, 6) is 0. The monoisotopic (exact) mass is 266 g/mol. The molecule has 0 saturated heterocycles. The van der Waals surface area contributed by atoms with E-state index in [2.05, 4.69) is 67.8 Å². The van der Waals surface area contributed by atoms with Crippen LogP contribution in [0.25, 0.3) is 0 Å². The SMILES string of the molecule is CC1=CC(C2=CC=CCC2)=NC(C2(C)C=CC=CC2)N1. The van der Waals surface area contributed by atoms with E-state index in [1.807, 2.05) is 0 Å². The second-order valence-electron chi connectivity index (χ2n) is 6.04. The van der Waals surface area contributed by atoms with Crippen molar-refractivity contribution < 1.29 is 0 Å². The molecule has 0 aromatic heterocycles. The fourth-order valence-corrected chi connectivity index (χ4v) is 2.92. The Hall–Kier alpha value is -1.83. The lowest BCUT2D eigenvalue weighted by molar-refractivity contribution is 0.305. The van der Waals surface area contributed by atoms with Gasteiger partial charge in [0.25, 0.3) is 0 Å². The van der Waals surface area contributed by atoms with E-state index in [-0.39, 0.29) is 11.6 Å². The summed E-state index contributed by atoms with van der Waals surface area (Å²) in [5, 5.41) is 3.54. The zero-order valence-corrected chi connectivity index (χ0v) is 12.3. The molecule has 0 radical (unpaired) electrons. The highest BCUT2D eigenvalue weighted by Gasteiger charge is 2.33. The Balaban J connectivity index is 1.90. The molecule has 2 aliphatic carbocycles. The first-order valence-electron chi connectivity index (χ1n) is 7.40. The van der Waals surface area contributed by atoms with Gasteiger partial charge in [-0.15, -0.1) is 0 Å². The van der Waals surface area contributed by atoms with Gasteiger partial charge in [-0.1, -0.05) is 49.5 Å². The largest absolute Gasteiger partial charge is 0.367 e. The highest BCUT2D eigenvalue weighted by Crippen LogP contribution is 2.34. The molecule has 20 heavy (non-hydrogen) atoms. The first kappa shape index (κ1) is 13.2. The predicted octanol–water partition coefficient (Wildman–Crippen LogP) is 4.06. The summed E-state index contributed by atoms with van der Waals surface area (Å²) < 4.78 is 0. The Bertz CT molecular complexity index is 572. The van der Waals surface area contributed by atoms with Crippen LogP contribution in [0.15, 0.2) is 64.9 Å². The molecular formula is C18H22N2. The van der Waals surface area contributed by atoms with Gasteiger partial charge in [-0.05, 0) is 37.8 Å². The highest BCUT2D eigenvalue weighted by atomic mass is 15.1. The summed E-state index contributed by atoms with van der Waals surface area (Å²) in [4.78, 5) is 4.99. The summed E-state index contributed by atoms with van der Waals surface area (Å²) in [6.07, 6.45) is 20.9. The molecule has 0 aromatic rings. The zero-order valence-electron chi connectivity index (χ0n) is 12.3. The van der Waals surface area contributed by atoms with Gasteiger partial charge in [0, 0.05) is 11.1 Å². The van der Waals surface area contributed by atoms with Gasteiger partial charge < -0.3 is 5.32 Å². The number of hydrogen-bond donors (Lipinski definition) is 1. The molecule has 0 fully saturated rings. The summed E-state index contributed by atoms with van der Waals surface area (Å²) >= 11 is 0. The van der Waals surface area contributed by atoms with Gasteiger partial charge in [0.05, 0.1) is 5.71 Å². The third-order valence-electron chi connectivity index (χ3n) is 4.24. The lowest BCUT2D eigenvalue weighted by Crippen LogP contribution is -2.43. The fourth-order valence-electron chi connectivity index (χ4n) is 2.92. The Morgan fingerprint density at radius 3 is 2.85 bits per heavy atom. The van der Waals surface area contributed by atoms with Crippen molar-refractivity contribution in [2.24, 2.45) is 10.4 Å². The fraction of sp³-hybridized carbons (Fsp3) is 0.389. The van der Waals surface area contributed by atoms with Crippen molar-refractivity contribution in [3.8, 4) is 0 Å². The molecule has 3 rings (SSSR count). The summed E-state index contributed by atoms with van der Waals surface area (Å²) in [5.41, 5.74) is 3.78. The van der Waals surface area contributed by atoms with Gasteiger partial charge in [-0.2, -0.15) is 0 Å². The predicted molar refractivity (Wildman–Crippen MR) is 85.6 cm³/mol. The van der Waals surface area contributed by atoms with E-state index < -0.39 is 0 Å². The molecule has 0 bridgehead atoms. The van der Waals surface area contributed by atoms with Crippen LogP contribution in [-0.2, 0) is 0 Å². The maximum absolute atomic E-state index is 4.99. The third kappa shape index (κ3) is 2.55. The van der Waals surface area contributed by atoms with E-state index >= 15 is 0 Å². The van der Waals surface area contributed by atoms with E-state index in [0.717, 1.165) is 25.0 Å². The minimum Gasteiger partial charge on any atom is -0.367 e. The van der Waals surface area contributed by atoms with Crippen molar-refractivity contribution in [3.05, 3.63) is 59.9 Å². The topological polar surface area (TPSA) is 24.4 Å². The Labute approximate surface area is 121 Å². The van der Waals surface area contributed by atoms with Crippen LogP contribution in [0.1, 0.15) is 33.1 Å². The number of nitrogens with one attached hydrogen (secondary N) is 1. The lowest BCUT2D eigenvalue weighted by atomic mass is 9.80. The number of aliphatic imine (C=N–C) groups is 1. The normalized spacial score (nSPS) is 32.3. The lowest BCUT2D eigenvalue weighted by Gasteiger charge is -2.37. The molecule has 2 nitrogen and oxygen atoms in total.